The normalized spacial score (nSPS) is 22.4. The second-order valence-electron chi connectivity index (χ2n) is 6.27. The van der Waals surface area contributed by atoms with Crippen LogP contribution in [0.5, 0.6) is 0 Å². The molecule has 0 saturated heterocycles. The number of aromatic amines is 1. The van der Waals surface area contributed by atoms with Gasteiger partial charge in [0.25, 0.3) is 5.91 Å². The summed E-state index contributed by atoms with van der Waals surface area (Å²) in [5.41, 5.74) is 1.74. The number of para-hydroxylation sites is 1. The van der Waals surface area contributed by atoms with Gasteiger partial charge in [0, 0.05) is 24.0 Å². The molecule has 0 radical (unpaired) electrons. The first-order chi connectivity index (χ1) is 10.2. The second-order valence-corrected chi connectivity index (χ2v) is 6.27. The highest BCUT2D eigenvalue weighted by atomic mass is 16.2. The predicted molar refractivity (Wildman–Crippen MR) is 86.4 cm³/mol. The van der Waals surface area contributed by atoms with Gasteiger partial charge in [0.2, 0.25) is 0 Å². The van der Waals surface area contributed by atoms with Gasteiger partial charge in [-0.05, 0) is 43.7 Å². The first-order valence-electron chi connectivity index (χ1n) is 8.04. The van der Waals surface area contributed by atoms with Crippen molar-refractivity contribution < 1.29 is 4.79 Å². The standard InChI is InChI=1S/C18H24N2O/c1-3-13-8-10-15(11-9-13)20(2)18(21)17-12-14-6-4-5-7-16(14)19-17/h4-7,12-13,15,19H,3,8-11H2,1-2H3. The molecule has 1 heterocycles. The molecule has 1 N–H and O–H groups in total. The Bertz CT molecular complexity index is 590. The molecule has 0 unspecified atom stereocenters. The fourth-order valence-corrected chi connectivity index (χ4v) is 3.48. The van der Waals surface area contributed by atoms with E-state index in [-0.39, 0.29) is 5.91 Å². The molecule has 0 bridgehead atoms. The third-order valence-electron chi connectivity index (χ3n) is 5.02. The van der Waals surface area contributed by atoms with Gasteiger partial charge in [-0.3, -0.25) is 4.79 Å². The molecule has 21 heavy (non-hydrogen) atoms. The van der Waals surface area contributed by atoms with E-state index < -0.39 is 0 Å². The van der Waals surface area contributed by atoms with Crippen molar-refractivity contribution in [3.8, 4) is 0 Å². The van der Waals surface area contributed by atoms with Crippen molar-refractivity contribution in [2.75, 3.05) is 7.05 Å². The van der Waals surface area contributed by atoms with Crippen molar-refractivity contribution in [1.29, 1.82) is 0 Å². The van der Waals surface area contributed by atoms with E-state index in [1.165, 1.54) is 19.3 Å². The lowest BCUT2D eigenvalue weighted by Crippen LogP contribution is -2.39. The van der Waals surface area contributed by atoms with Crippen molar-refractivity contribution in [3.05, 3.63) is 36.0 Å². The zero-order valence-electron chi connectivity index (χ0n) is 12.9. The highest BCUT2D eigenvalue weighted by Gasteiger charge is 2.26. The van der Waals surface area contributed by atoms with Crippen LogP contribution in [0.1, 0.15) is 49.5 Å². The Balaban J connectivity index is 1.72. The van der Waals surface area contributed by atoms with Crippen LogP contribution in [0.4, 0.5) is 0 Å². The summed E-state index contributed by atoms with van der Waals surface area (Å²) in [7, 11) is 1.95. The van der Waals surface area contributed by atoms with Crippen LogP contribution in [0.25, 0.3) is 10.9 Å². The summed E-state index contributed by atoms with van der Waals surface area (Å²) in [6.45, 7) is 2.27. The van der Waals surface area contributed by atoms with Crippen molar-refractivity contribution in [1.82, 2.24) is 9.88 Å². The number of benzene rings is 1. The lowest BCUT2D eigenvalue weighted by Gasteiger charge is -2.34. The Kier molecular flexibility index (Phi) is 4.00. The van der Waals surface area contributed by atoms with Gasteiger partial charge in [0.05, 0.1) is 0 Å². The lowest BCUT2D eigenvalue weighted by molar-refractivity contribution is 0.0670. The lowest BCUT2D eigenvalue weighted by atomic mass is 9.84. The number of rotatable bonds is 3. The highest BCUT2D eigenvalue weighted by molar-refractivity contribution is 5.98. The average molecular weight is 284 g/mol. The van der Waals surface area contributed by atoms with E-state index in [0.717, 1.165) is 29.7 Å². The van der Waals surface area contributed by atoms with Crippen LogP contribution in [0, 0.1) is 5.92 Å². The zero-order valence-corrected chi connectivity index (χ0v) is 12.9. The van der Waals surface area contributed by atoms with Gasteiger partial charge in [-0.2, -0.15) is 0 Å². The van der Waals surface area contributed by atoms with Crippen molar-refractivity contribution in [2.45, 2.75) is 45.1 Å². The van der Waals surface area contributed by atoms with Crippen LogP contribution in [0.15, 0.2) is 30.3 Å². The Morgan fingerprint density at radius 2 is 1.95 bits per heavy atom. The molecule has 3 rings (SSSR count). The van der Waals surface area contributed by atoms with Crippen molar-refractivity contribution in [2.24, 2.45) is 5.92 Å². The monoisotopic (exact) mass is 284 g/mol. The Labute approximate surface area is 126 Å². The van der Waals surface area contributed by atoms with Crippen LogP contribution in [0.2, 0.25) is 0 Å². The minimum Gasteiger partial charge on any atom is -0.351 e. The van der Waals surface area contributed by atoms with Crippen molar-refractivity contribution in [3.63, 3.8) is 0 Å². The molecule has 1 aromatic heterocycles. The third kappa shape index (κ3) is 2.82. The summed E-state index contributed by atoms with van der Waals surface area (Å²) in [6.07, 6.45) is 6.06. The van der Waals surface area contributed by atoms with E-state index >= 15 is 0 Å². The molecule has 1 amide bonds. The molecule has 2 aromatic rings. The number of nitrogens with one attached hydrogen (secondary N) is 1. The molecule has 0 aliphatic heterocycles. The second kappa shape index (κ2) is 5.92. The van der Waals surface area contributed by atoms with E-state index in [9.17, 15) is 4.79 Å². The number of nitrogens with zero attached hydrogens (tertiary/aromatic N) is 1. The highest BCUT2D eigenvalue weighted by Crippen LogP contribution is 2.29. The molecule has 112 valence electrons. The quantitative estimate of drug-likeness (QED) is 0.900. The predicted octanol–water partition coefficient (Wildman–Crippen LogP) is 4.21. The first-order valence-corrected chi connectivity index (χ1v) is 8.04. The molecule has 1 saturated carbocycles. The molecule has 1 aliphatic carbocycles. The van der Waals surface area contributed by atoms with Gasteiger partial charge in [-0.25, -0.2) is 0 Å². The third-order valence-corrected chi connectivity index (χ3v) is 5.02. The van der Waals surface area contributed by atoms with Gasteiger partial charge in [-0.1, -0.05) is 31.5 Å². The summed E-state index contributed by atoms with van der Waals surface area (Å²) in [5.74, 6) is 0.976. The van der Waals surface area contributed by atoms with Crippen LogP contribution in [-0.2, 0) is 0 Å². The number of hydrogen-bond acceptors (Lipinski definition) is 1. The maximum absolute atomic E-state index is 12.7. The van der Waals surface area contributed by atoms with Crippen LogP contribution < -0.4 is 0 Å². The minimum absolute atomic E-state index is 0.117. The molecule has 3 nitrogen and oxygen atoms in total. The largest absolute Gasteiger partial charge is 0.351 e. The minimum atomic E-state index is 0.117. The molecular weight excluding hydrogens is 260 g/mol. The molecule has 3 heteroatoms. The van der Waals surface area contributed by atoms with Crippen LogP contribution in [-0.4, -0.2) is 28.9 Å². The Morgan fingerprint density at radius 1 is 1.24 bits per heavy atom. The van der Waals surface area contributed by atoms with Gasteiger partial charge in [-0.15, -0.1) is 0 Å². The number of hydrogen-bond donors (Lipinski definition) is 1. The van der Waals surface area contributed by atoms with Gasteiger partial charge in [0.1, 0.15) is 5.69 Å². The van der Waals surface area contributed by atoms with Gasteiger partial charge >= 0.3 is 0 Å². The number of aromatic nitrogens is 1. The zero-order chi connectivity index (χ0) is 14.8. The topological polar surface area (TPSA) is 36.1 Å². The summed E-state index contributed by atoms with van der Waals surface area (Å²) in [6, 6.07) is 10.4. The van der Waals surface area contributed by atoms with Gasteiger partial charge < -0.3 is 9.88 Å². The molecule has 1 fully saturated rings. The molecule has 0 spiro atoms. The smallest absolute Gasteiger partial charge is 0.270 e. The summed E-state index contributed by atoms with van der Waals surface area (Å²) >= 11 is 0. The fourth-order valence-electron chi connectivity index (χ4n) is 3.48. The number of fused-ring (bicyclic) bond motifs is 1. The van der Waals surface area contributed by atoms with Crippen LogP contribution in [0.3, 0.4) is 0 Å². The SMILES string of the molecule is CCC1CCC(N(C)C(=O)c2cc3ccccc3[nH]2)CC1. The van der Waals surface area contributed by atoms with Gasteiger partial charge in [0.15, 0.2) is 0 Å². The van der Waals surface area contributed by atoms with E-state index in [2.05, 4.69) is 11.9 Å². The summed E-state index contributed by atoms with van der Waals surface area (Å²) in [5, 5.41) is 1.10. The number of carbonyl (C=O) groups excluding carboxylic acids is 1. The molecule has 0 atom stereocenters. The van der Waals surface area contributed by atoms with E-state index in [1.54, 1.807) is 0 Å². The number of amides is 1. The van der Waals surface area contributed by atoms with Crippen LogP contribution >= 0.6 is 0 Å². The molecule has 1 aromatic carbocycles. The van der Waals surface area contributed by atoms with E-state index in [0.29, 0.717) is 11.7 Å². The summed E-state index contributed by atoms with van der Waals surface area (Å²) in [4.78, 5) is 17.8. The molecular formula is C18H24N2O. The van der Waals surface area contributed by atoms with E-state index in [4.69, 9.17) is 0 Å². The Hall–Kier alpha value is -1.77. The number of carbonyl (C=O) groups is 1. The maximum Gasteiger partial charge on any atom is 0.270 e. The fraction of sp³-hybridized carbons (Fsp3) is 0.500. The maximum atomic E-state index is 12.7. The number of H-pyrrole nitrogens is 1. The van der Waals surface area contributed by atoms with E-state index in [1.807, 2.05) is 42.3 Å². The average Bonchev–Trinajstić information content (AvgIpc) is 2.97. The summed E-state index contributed by atoms with van der Waals surface area (Å²) < 4.78 is 0. The first kappa shape index (κ1) is 14.2. The van der Waals surface area contributed by atoms with Crippen molar-refractivity contribution >= 4 is 16.8 Å². The molecule has 1 aliphatic rings. The Morgan fingerprint density at radius 3 is 2.62 bits per heavy atom.